The Morgan fingerprint density at radius 3 is 3.17 bits per heavy atom. The van der Waals surface area contributed by atoms with Gasteiger partial charge in [0.2, 0.25) is 0 Å². The number of amidine groups is 1. The molecule has 7 heteroatoms. The molecule has 94 valence electrons. The van der Waals surface area contributed by atoms with Crippen LogP contribution in [0.3, 0.4) is 0 Å². The average molecular weight is 280 g/mol. The van der Waals surface area contributed by atoms with E-state index >= 15 is 0 Å². The van der Waals surface area contributed by atoms with Gasteiger partial charge in [0.15, 0.2) is 10.3 Å². The van der Waals surface area contributed by atoms with Gasteiger partial charge in [0.1, 0.15) is 0 Å². The zero-order chi connectivity index (χ0) is 12.5. The summed E-state index contributed by atoms with van der Waals surface area (Å²) in [6.07, 6.45) is 2.72. The van der Waals surface area contributed by atoms with E-state index in [1.807, 2.05) is 12.3 Å². The van der Waals surface area contributed by atoms with Crippen molar-refractivity contribution >= 4 is 39.3 Å². The van der Waals surface area contributed by atoms with Gasteiger partial charge in [0.25, 0.3) is 5.91 Å². The quantitative estimate of drug-likeness (QED) is 0.901. The maximum Gasteiger partial charge on any atom is 0.266 e. The summed E-state index contributed by atoms with van der Waals surface area (Å²) in [4.78, 5) is 23.5. The Bertz CT molecular complexity index is 535. The van der Waals surface area contributed by atoms with Crippen LogP contribution >= 0.6 is 23.1 Å². The molecule has 0 saturated heterocycles. The van der Waals surface area contributed by atoms with Crippen LogP contribution in [0.4, 0.5) is 5.13 Å². The molecule has 0 aromatic carbocycles. The van der Waals surface area contributed by atoms with Gasteiger partial charge in [0.05, 0.1) is 4.91 Å². The van der Waals surface area contributed by atoms with Gasteiger partial charge in [0, 0.05) is 30.4 Å². The van der Waals surface area contributed by atoms with Crippen LogP contribution < -0.4 is 5.32 Å². The fourth-order valence-electron chi connectivity index (χ4n) is 1.92. The van der Waals surface area contributed by atoms with Crippen molar-refractivity contribution in [3.63, 3.8) is 0 Å². The Morgan fingerprint density at radius 2 is 2.44 bits per heavy atom. The monoisotopic (exact) mass is 280 g/mol. The number of thioether (sulfide) groups is 1. The first kappa shape index (κ1) is 11.7. The third-order valence-electron chi connectivity index (χ3n) is 2.80. The van der Waals surface area contributed by atoms with E-state index in [1.54, 1.807) is 6.20 Å². The lowest BCUT2D eigenvalue weighted by Crippen LogP contribution is -2.28. The van der Waals surface area contributed by atoms with Gasteiger partial charge in [-0.05, 0) is 25.1 Å². The Balaban J connectivity index is 1.80. The second-order valence-corrected chi connectivity index (χ2v) is 5.85. The van der Waals surface area contributed by atoms with E-state index in [0.717, 1.165) is 35.3 Å². The van der Waals surface area contributed by atoms with Crippen LogP contribution in [0.2, 0.25) is 0 Å². The normalized spacial score (nSPS) is 18.7. The second-order valence-electron chi connectivity index (χ2n) is 3.98. The number of fused-ring (bicyclic) bond motifs is 1. The van der Waals surface area contributed by atoms with Gasteiger partial charge < -0.3 is 4.90 Å². The minimum absolute atomic E-state index is 0.0930. The van der Waals surface area contributed by atoms with Crippen molar-refractivity contribution in [2.45, 2.75) is 13.3 Å². The average Bonchev–Trinajstić information content (AvgIpc) is 2.98. The van der Waals surface area contributed by atoms with Crippen molar-refractivity contribution in [1.82, 2.24) is 9.88 Å². The summed E-state index contributed by atoms with van der Waals surface area (Å²) in [5, 5.41) is 6.23. The molecule has 2 aliphatic rings. The highest BCUT2D eigenvalue weighted by Gasteiger charge is 2.32. The maximum absolute atomic E-state index is 12.2. The Kier molecular flexibility index (Phi) is 3.09. The highest BCUT2D eigenvalue weighted by atomic mass is 32.2. The molecular formula is C11H12N4OS2. The minimum atomic E-state index is -0.0930. The Hall–Kier alpha value is -1.34. The molecule has 0 unspecified atom stereocenters. The molecule has 2 aliphatic heterocycles. The molecule has 0 bridgehead atoms. The van der Waals surface area contributed by atoms with E-state index in [9.17, 15) is 4.79 Å². The van der Waals surface area contributed by atoms with Crippen molar-refractivity contribution in [3.8, 4) is 0 Å². The van der Waals surface area contributed by atoms with E-state index in [-0.39, 0.29) is 5.91 Å². The lowest BCUT2D eigenvalue weighted by Gasteiger charge is -2.23. The zero-order valence-electron chi connectivity index (χ0n) is 9.84. The molecule has 1 N–H and O–H groups in total. The lowest BCUT2D eigenvalue weighted by molar-refractivity contribution is -0.112. The molecule has 0 spiro atoms. The van der Waals surface area contributed by atoms with Crippen molar-refractivity contribution in [3.05, 3.63) is 22.2 Å². The number of anilines is 1. The molecule has 3 heterocycles. The SMILES string of the molecule is CC1=C(C(=O)Nc2nccs2)SC2=NCCCN21. The molecule has 18 heavy (non-hydrogen) atoms. The molecule has 0 fully saturated rings. The molecule has 1 aromatic heterocycles. The number of allylic oxidation sites excluding steroid dienone is 1. The van der Waals surface area contributed by atoms with Crippen molar-refractivity contribution in [2.75, 3.05) is 18.4 Å². The molecule has 1 amide bonds. The summed E-state index contributed by atoms with van der Waals surface area (Å²) < 4.78 is 0. The van der Waals surface area contributed by atoms with E-state index in [2.05, 4.69) is 20.2 Å². The topological polar surface area (TPSA) is 57.6 Å². The summed E-state index contributed by atoms with van der Waals surface area (Å²) in [5.74, 6) is -0.0930. The van der Waals surface area contributed by atoms with Crippen molar-refractivity contribution in [1.29, 1.82) is 0 Å². The fourth-order valence-corrected chi connectivity index (χ4v) is 3.52. The Morgan fingerprint density at radius 1 is 1.56 bits per heavy atom. The molecule has 0 atom stereocenters. The molecular weight excluding hydrogens is 268 g/mol. The third kappa shape index (κ3) is 2.04. The van der Waals surface area contributed by atoms with Gasteiger partial charge in [-0.1, -0.05) is 0 Å². The highest BCUT2D eigenvalue weighted by molar-refractivity contribution is 8.18. The highest BCUT2D eigenvalue weighted by Crippen LogP contribution is 2.36. The molecule has 3 rings (SSSR count). The predicted octanol–water partition coefficient (Wildman–Crippen LogP) is 2.12. The summed E-state index contributed by atoms with van der Waals surface area (Å²) in [6, 6.07) is 0. The van der Waals surface area contributed by atoms with E-state index in [4.69, 9.17) is 0 Å². The molecule has 5 nitrogen and oxygen atoms in total. The number of nitrogens with zero attached hydrogens (tertiary/aromatic N) is 3. The fraction of sp³-hybridized carbons (Fsp3) is 0.364. The molecule has 1 aromatic rings. The van der Waals surface area contributed by atoms with E-state index in [0.29, 0.717) is 5.13 Å². The number of nitrogens with one attached hydrogen (secondary N) is 1. The van der Waals surface area contributed by atoms with E-state index < -0.39 is 0 Å². The van der Waals surface area contributed by atoms with E-state index in [1.165, 1.54) is 23.1 Å². The number of hydrogen-bond acceptors (Lipinski definition) is 6. The van der Waals surface area contributed by atoms with Gasteiger partial charge in [-0.2, -0.15) is 0 Å². The first-order chi connectivity index (χ1) is 8.75. The van der Waals surface area contributed by atoms with Crippen molar-refractivity contribution in [2.24, 2.45) is 4.99 Å². The third-order valence-corrected chi connectivity index (χ3v) is 4.71. The summed E-state index contributed by atoms with van der Waals surface area (Å²) in [7, 11) is 0. The zero-order valence-corrected chi connectivity index (χ0v) is 11.5. The van der Waals surface area contributed by atoms with Gasteiger partial charge in [-0.25, -0.2) is 4.98 Å². The number of thiazole rings is 1. The van der Waals surface area contributed by atoms with Crippen LogP contribution in [-0.4, -0.2) is 34.0 Å². The first-order valence-corrected chi connectivity index (χ1v) is 7.37. The largest absolute Gasteiger partial charge is 0.324 e. The number of aromatic nitrogens is 1. The smallest absolute Gasteiger partial charge is 0.266 e. The standard InChI is InChI=1S/C11H12N4OS2/c1-7-8(9(16)14-10-12-4-6-17-10)18-11-13-3-2-5-15(7)11/h4,6H,2-3,5H2,1H3,(H,12,14,16). The molecule has 0 saturated carbocycles. The lowest BCUT2D eigenvalue weighted by atomic mass is 10.3. The van der Waals surface area contributed by atoms with Crippen LogP contribution in [0.5, 0.6) is 0 Å². The number of carbonyl (C=O) groups is 1. The summed E-state index contributed by atoms with van der Waals surface area (Å²) in [5.41, 5.74) is 0.993. The second kappa shape index (κ2) is 4.74. The van der Waals surface area contributed by atoms with Crippen LogP contribution in [0.25, 0.3) is 0 Å². The van der Waals surface area contributed by atoms with Crippen LogP contribution in [-0.2, 0) is 4.79 Å². The Labute approximate surface area is 113 Å². The van der Waals surface area contributed by atoms with Gasteiger partial charge in [-0.15, -0.1) is 11.3 Å². The van der Waals surface area contributed by atoms with Gasteiger partial charge >= 0.3 is 0 Å². The summed E-state index contributed by atoms with van der Waals surface area (Å²) in [6.45, 7) is 3.77. The van der Waals surface area contributed by atoms with Crippen LogP contribution in [0.1, 0.15) is 13.3 Å². The van der Waals surface area contributed by atoms with Crippen LogP contribution in [0, 0.1) is 0 Å². The number of amides is 1. The van der Waals surface area contributed by atoms with Crippen molar-refractivity contribution < 1.29 is 4.79 Å². The molecule has 0 radical (unpaired) electrons. The number of rotatable bonds is 2. The number of carbonyl (C=O) groups excluding carboxylic acids is 1. The maximum atomic E-state index is 12.2. The number of aliphatic imine (C=N–C) groups is 1. The predicted molar refractivity (Wildman–Crippen MR) is 74.7 cm³/mol. The summed E-state index contributed by atoms with van der Waals surface area (Å²) >= 11 is 2.87. The first-order valence-electron chi connectivity index (χ1n) is 5.67. The van der Waals surface area contributed by atoms with Gasteiger partial charge in [-0.3, -0.25) is 15.1 Å². The minimum Gasteiger partial charge on any atom is -0.324 e. The molecule has 0 aliphatic carbocycles. The number of hydrogen-bond donors (Lipinski definition) is 1. The van der Waals surface area contributed by atoms with Crippen LogP contribution in [0.15, 0.2) is 27.2 Å².